The number of aromatic amines is 1. The van der Waals surface area contributed by atoms with Crippen LogP contribution in [-0.4, -0.2) is 38.5 Å². The highest BCUT2D eigenvalue weighted by molar-refractivity contribution is 5.60. The quantitative estimate of drug-likeness (QED) is 0.464. The van der Waals surface area contributed by atoms with E-state index in [1.165, 1.54) is 17.7 Å². The molecule has 0 amide bonds. The molecule has 0 radical (unpaired) electrons. The van der Waals surface area contributed by atoms with Gasteiger partial charge in [-0.2, -0.15) is 0 Å². The molecule has 0 saturated carbocycles. The van der Waals surface area contributed by atoms with Crippen LogP contribution in [0, 0.1) is 6.92 Å². The highest BCUT2D eigenvalue weighted by atomic mass is 16.5. The molecular weight excluding hydrogens is 322 g/mol. The number of H-pyrrole nitrogens is 1. The van der Waals surface area contributed by atoms with E-state index < -0.39 is 46.3 Å². The molecule has 2 aromatic rings. The van der Waals surface area contributed by atoms with Crippen molar-refractivity contribution in [2.75, 3.05) is 11.9 Å². The fraction of sp³-hybridized carbons (Fsp3) is 0.429. The Morgan fingerprint density at radius 3 is 2.71 bits per heavy atom. The fourth-order valence-electron chi connectivity index (χ4n) is 2.62. The third kappa shape index (κ3) is 2.55. The van der Waals surface area contributed by atoms with Gasteiger partial charge in [-0.05, 0) is 6.92 Å². The van der Waals surface area contributed by atoms with E-state index in [0.29, 0.717) is 5.56 Å². The first-order valence-corrected chi connectivity index (χ1v) is 7.21. The monoisotopic (exact) mass is 337 g/mol. The molecule has 10 heteroatoms. The summed E-state index contributed by atoms with van der Waals surface area (Å²) in [6.45, 7) is 1.50. The van der Waals surface area contributed by atoms with Crippen LogP contribution in [-0.2, 0) is 4.74 Å². The second kappa shape index (κ2) is 5.73. The van der Waals surface area contributed by atoms with Crippen LogP contribution in [0.5, 0.6) is 5.75 Å². The van der Waals surface area contributed by atoms with Crippen molar-refractivity contribution < 1.29 is 14.9 Å². The Balaban J connectivity index is 1.72. The number of nitrogens with one attached hydrogen (secondary N) is 2. The number of aliphatic hydroxyl groups excluding tert-OH is 1. The van der Waals surface area contributed by atoms with Crippen molar-refractivity contribution in [2.45, 2.75) is 31.8 Å². The minimum Gasteiger partial charge on any atom is -0.502 e. The number of aryl methyl sites for hydroxylation is 1. The van der Waals surface area contributed by atoms with Crippen molar-refractivity contribution in [2.24, 2.45) is 0 Å². The van der Waals surface area contributed by atoms with Crippen LogP contribution in [0.4, 0.5) is 5.69 Å². The van der Waals surface area contributed by atoms with Crippen molar-refractivity contribution in [3.8, 4) is 5.75 Å². The minimum atomic E-state index is -0.960. The lowest BCUT2D eigenvalue weighted by molar-refractivity contribution is -0.0132. The Labute approximate surface area is 133 Å². The van der Waals surface area contributed by atoms with Gasteiger partial charge < -0.3 is 20.3 Å². The van der Waals surface area contributed by atoms with E-state index in [1.807, 2.05) is 0 Å². The Morgan fingerprint density at radius 2 is 2.04 bits per heavy atom. The summed E-state index contributed by atoms with van der Waals surface area (Å²) in [5.41, 5.74) is -2.83. The predicted molar refractivity (Wildman–Crippen MR) is 82.1 cm³/mol. The highest BCUT2D eigenvalue weighted by Crippen LogP contribution is 2.28. The maximum atomic E-state index is 11.8. The molecule has 0 aliphatic carbocycles. The van der Waals surface area contributed by atoms with E-state index in [9.17, 15) is 29.4 Å². The molecule has 0 spiro atoms. The molecule has 1 aromatic heterocycles. The zero-order valence-corrected chi connectivity index (χ0v) is 12.6. The maximum absolute atomic E-state index is 11.8. The van der Waals surface area contributed by atoms with Crippen molar-refractivity contribution >= 4 is 5.69 Å². The van der Waals surface area contributed by atoms with Gasteiger partial charge in [0.2, 0.25) is 0 Å². The molecule has 0 unspecified atom stereocenters. The van der Waals surface area contributed by atoms with E-state index in [4.69, 9.17) is 4.74 Å². The molecular formula is C14H15N3O7. The molecule has 3 atom stereocenters. The van der Waals surface area contributed by atoms with Crippen molar-refractivity contribution in [3.05, 3.63) is 53.0 Å². The summed E-state index contributed by atoms with van der Waals surface area (Å²) in [6, 6.07) is 0. The summed E-state index contributed by atoms with van der Waals surface area (Å²) in [5.74, 6) is -0.642. The first-order valence-electron chi connectivity index (χ1n) is 7.21. The number of aliphatic hydroxyl groups is 1. The van der Waals surface area contributed by atoms with Gasteiger partial charge in [0.1, 0.15) is 18.0 Å². The van der Waals surface area contributed by atoms with Gasteiger partial charge in [-0.15, -0.1) is 0 Å². The van der Waals surface area contributed by atoms with E-state index in [-0.39, 0.29) is 18.7 Å². The summed E-state index contributed by atoms with van der Waals surface area (Å²) in [4.78, 5) is 47.5. The second-order valence-corrected chi connectivity index (χ2v) is 5.67. The molecule has 24 heavy (non-hydrogen) atoms. The fourth-order valence-corrected chi connectivity index (χ4v) is 2.62. The third-order valence-electron chi connectivity index (χ3n) is 4.03. The van der Waals surface area contributed by atoms with Gasteiger partial charge in [-0.3, -0.25) is 23.9 Å². The van der Waals surface area contributed by atoms with Crippen LogP contribution in [0.15, 0.2) is 25.4 Å². The summed E-state index contributed by atoms with van der Waals surface area (Å²) in [6.07, 6.45) is -1.03. The summed E-state index contributed by atoms with van der Waals surface area (Å²) in [7, 11) is 0. The Kier molecular flexibility index (Phi) is 3.85. The van der Waals surface area contributed by atoms with Gasteiger partial charge in [-0.25, -0.2) is 4.79 Å². The minimum absolute atomic E-state index is 0.0346. The zero-order chi connectivity index (χ0) is 17.6. The molecule has 1 aliphatic rings. The van der Waals surface area contributed by atoms with Gasteiger partial charge in [-0.1, -0.05) is 0 Å². The molecule has 128 valence electrons. The molecule has 1 fully saturated rings. The highest BCUT2D eigenvalue weighted by Gasteiger charge is 2.36. The number of aromatic hydroxyl groups is 1. The van der Waals surface area contributed by atoms with Crippen LogP contribution in [0.25, 0.3) is 0 Å². The molecule has 3 rings (SSSR count). The third-order valence-corrected chi connectivity index (χ3v) is 4.03. The standard InChI is InChI=1S/C14H15N3O7/c1-5-4-17(14(23)16-13(5)22)8-2-6(18)7(24-8)3-15-9-10(19)12(21)11(9)20/h4,6-8,15,18-19H,2-3H2,1H3,(H,16,22,23)/t6-,7+,8+/m0/s1. The van der Waals surface area contributed by atoms with Crippen molar-refractivity contribution in [1.29, 1.82) is 0 Å². The van der Waals surface area contributed by atoms with Gasteiger partial charge >= 0.3 is 5.69 Å². The summed E-state index contributed by atoms with van der Waals surface area (Å²) < 4.78 is 6.76. The molecule has 0 bridgehead atoms. The van der Waals surface area contributed by atoms with Gasteiger partial charge in [0.25, 0.3) is 16.4 Å². The Hall–Kier alpha value is -2.72. The molecule has 1 aromatic carbocycles. The number of aromatic nitrogens is 2. The summed E-state index contributed by atoms with van der Waals surface area (Å²) >= 11 is 0. The molecule has 10 nitrogen and oxygen atoms in total. The van der Waals surface area contributed by atoms with E-state index in [2.05, 4.69) is 10.3 Å². The first kappa shape index (κ1) is 16.1. The first-order chi connectivity index (χ1) is 11.3. The smallest absolute Gasteiger partial charge is 0.330 e. The topological polar surface area (TPSA) is 151 Å². The van der Waals surface area contributed by atoms with E-state index in [0.717, 1.165) is 0 Å². The number of rotatable bonds is 4. The lowest BCUT2D eigenvalue weighted by Gasteiger charge is -2.18. The van der Waals surface area contributed by atoms with Crippen molar-refractivity contribution in [3.63, 3.8) is 0 Å². The zero-order valence-electron chi connectivity index (χ0n) is 12.6. The average Bonchev–Trinajstić information content (AvgIpc) is 2.91. The molecule has 2 heterocycles. The Morgan fingerprint density at radius 1 is 1.33 bits per heavy atom. The SMILES string of the molecule is Cc1cn([C@H]2C[C@H](O)[C@@H](CNc3c(O)c(=O)c3=O)O2)c(=O)[nH]c1=O. The number of nitrogens with zero attached hydrogens (tertiary/aromatic N) is 1. The lowest BCUT2D eigenvalue weighted by atomic mass is 10.1. The van der Waals surface area contributed by atoms with Crippen LogP contribution in [0.3, 0.4) is 0 Å². The second-order valence-electron chi connectivity index (χ2n) is 5.67. The van der Waals surface area contributed by atoms with Crippen LogP contribution in [0.2, 0.25) is 0 Å². The normalized spacial score (nSPS) is 23.7. The molecule has 4 N–H and O–H groups in total. The van der Waals surface area contributed by atoms with E-state index >= 15 is 0 Å². The van der Waals surface area contributed by atoms with Gasteiger partial charge in [0, 0.05) is 24.7 Å². The average molecular weight is 337 g/mol. The predicted octanol–water partition coefficient (Wildman–Crippen LogP) is -2.09. The lowest BCUT2D eigenvalue weighted by Crippen LogP contribution is -2.37. The van der Waals surface area contributed by atoms with Gasteiger partial charge in [0.15, 0.2) is 5.75 Å². The van der Waals surface area contributed by atoms with Crippen LogP contribution >= 0.6 is 0 Å². The van der Waals surface area contributed by atoms with E-state index in [1.54, 1.807) is 0 Å². The molecule has 1 aliphatic heterocycles. The van der Waals surface area contributed by atoms with Crippen LogP contribution < -0.4 is 27.4 Å². The summed E-state index contributed by atoms with van der Waals surface area (Å²) in [5, 5.41) is 21.9. The van der Waals surface area contributed by atoms with Gasteiger partial charge in [0.05, 0.1) is 6.10 Å². The largest absolute Gasteiger partial charge is 0.502 e. The number of hydrogen-bond donors (Lipinski definition) is 4. The van der Waals surface area contributed by atoms with Crippen molar-refractivity contribution in [1.82, 2.24) is 9.55 Å². The number of anilines is 1. The van der Waals surface area contributed by atoms with Crippen LogP contribution in [0.1, 0.15) is 18.2 Å². The maximum Gasteiger partial charge on any atom is 0.330 e. The Bertz CT molecular complexity index is 966. The molecule has 1 saturated heterocycles. The number of ether oxygens (including phenoxy) is 1. The number of hydrogen-bond acceptors (Lipinski definition) is 8.